The van der Waals surface area contributed by atoms with Gasteiger partial charge in [-0.1, -0.05) is 0 Å². The zero-order valence-corrected chi connectivity index (χ0v) is 12.7. The Kier molecular flexibility index (Phi) is 5.16. The highest BCUT2D eigenvalue weighted by atomic mass is 32.1. The molecule has 0 bridgehead atoms. The van der Waals surface area contributed by atoms with Gasteiger partial charge in [-0.15, -0.1) is 11.3 Å². The van der Waals surface area contributed by atoms with E-state index >= 15 is 0 Å². The van der Waals surface area contributed by atoms with Crippen molar-refractivity contribution in [1.82, 2.24) is 4.98 Å². The van der Waals surface area contributed by atoms with Crippen LogP contribution in [0.25, 0.3) is 10.6 Å². The minimum Gasteiger partial charge on any atom is -0.550 e. The number of aromatic nitrogens is 1. The van der Waals surface area contributed by atoms with E-state index in [0.29, 0.717) is 30.4 Å². The van der Waals surface area contributed by atoms with Crippen molar-refractivity contribution < 1.29 is 19.4 Å². The Morgan fingerprint density at radius 1 is 1.24 bits per heavy atom. The summed E-state index contributed by atoms with van der Waals surface area (Å²) in [6.45, 7) is 4.92. The number of benzene rings is 1. The molecule has 0 aliphatic rings. The fourth-order valence-corrected chi connectivity index (χ4v) is 2.67. The van der Waals surface area contributed by atoms with E-state index in [1.165, 1.54) is 11.3 Å². The van der Waals surface area contributed by atoms with Gasteiger partial charge < -0.3 is 19.4 Å². The number of hydrogen-bond acceptors (Lipinski definition) is 6. The molecule has 0 amide bonds. The molecule has 6 heteroatoms. The van der Waals surface area contributed by atoms with Gasteiger partial charge in [0.2, 0.25) is 0 Å². The van der Waals surface area contributed by atoms with E-state index in [2.05, 4.69) is 4.98 Å². The van der Waals surface area contributed by atoms with Crippen LogP contribution in [0, 0.1) is 0 Å². The second-order valence-electron chi connectivity index (χ2n) is 4.22. The summed E-state index contributed by atoms with van der Waals surface area (Å²) in [5.41, 5.74) is 1.37. The SMILES string of the molecule is CCOc1ccc(-c2nc(CC(=O)[O-])cs2)cc1OCC. The summed E-state index contributed by atoms with van der Waals surface area (Å²) in [5.74, 6) is 0.219. The molecule has 0 spiro atoms. The third-order valence-electron chi connectivity index (χ3n) is 2.67. The maximum atomic E-state index is 10.6. The predicted octanol–water partition coefficient (Wildman–Crippen LogP) is 1.90. The van der Waals surface area contributed by atoms with E-state index in [9.17, 15) is 9.90 Å². The molecule has 0 N–H and O–H groups in total. The van der Waals surface area contributed by atoms with E-state index < -0.39 is 5.97 Å². The molecule has 1 aromatic heterocycles. The van der Waals surface area contributed by atoms with Gasteiger partial charge >= 0.3 is 0 Å². The molecule has 0 saturated heterocycles. The maximum absolute atomic E-state index is 10.6. The lowest BCUT2D eigenvalue weighted by atomic mass is 10.2. The molecule has 0 radical (unpaired) electrons. The Hall–Kier alpha value is -2.08. The molecule has 2 rings (SSSR count). The Bertz CT molecular complexity index is 624. The maximum Gasteiger partial charge on any atom is 0.161 e. The summed E-state index contributed by atoms with van der Waals surface area (Å²) in [4.78, 5) is 14.9. The molecule has 0 fully saturated rings. The molecule has 0 aliphatic carbocycles. The summed E-state index contributed by atoms with van der Waals surface area (Å²) in [6.07, 6.45) is -0.175. The Balaban J connectivity index is 2.28. The fourth-order valence-electron chi connectivity index (χ4n) is 1.85. The first kappa shape index (κ1) is 15.3. The van der Waals surface area contributed by atoms with Gasteiger partial charge in [0.15, 0.2) is 11.5 Å². The highest BCUT2D eigenvalue weighted by Gasteiger charge is 2.10. The number of nitrogens with zero attached hydrogens (tertiary/aromatic N) is 1. The van der Waals surface area contributed by atoms with Crippen molar-refractivity contribution in [3.05, 3.63) is 29.3 Å². The van der Waals surface area contributed by atoms with Crippen molar-refractivity contribution in [2.24, 2.45) is 0 Å². The normalized spacial score (nSPS) is 10.4. The van der Waals surface area contributed by atoms with Gasteiger partial charge in [-0.25, -0.2) is 4.98 Å². The van der Waals surface area contributed by atoms with Crippen LogP contribution in [0.15, 0.2) is 23.6 Å². The first-order valence-electron chi connectivity index (χ1n) is 6.68. The minimum absolute atomic E-state index is 0.175. The van der Waals surface area contributed by atoms with Crippen LogP contribution in [0.2, 0.25) is 0 Å². The second-order valence-corrected chi connectivity index (χ2v) is 5.08. The van der Waals surface area contributed by atoms with Crippen LogP contribution in [-0.2, 0) is 11.2 Å². The first-order chi connectivity index (χ1) is 10.1. The van der Waals surface area contributed by atoms with Crippen LogP contribution < -0.4 is 14.6 Å². The van der Waals surface area contributed by atoms with Crippen LogP contribution in [0.5, 0.6) is 11.5 Å². The van der Waals surface area contributed by atoms with Gasteiger partial charge in [-0.3, -0.25) is 0 Å². The van der Waals surface area contributed by atoms with Gasteiger partial charge in [0.1, 0.15) is 5.01 Å². The Labute approximate surface area is 127 Å². The highest BCUT2D eigenvalue weighted by molar-refractivity contribution is 7.13. The van der Waals surface area contributed by atoms with Crippen molar-refractivity contribution in [3.8, 4) is 22.1 Å². The van der Waals surface area contributed by atoms with E-state index in [1.54, 1.807) is 5.38 Å². The van der Waals surface area contributed by atoms with Crippen molar-refractivity contribution in [3.63, 3.8) is 0 Å². The topological polar surface area (TPSA) is 71.5 Å². The zero-order chi connectivity index (χ0) is 15.2. The summed E-state index contributed by atoms with van der Waals surface area (Å²) in [7, 11) is 0. The summed E-state index contributed by atoms with van der Waals surface area (Å²) < 4.78 is 11.1. The van der Waals surface area contributed by atoms with Crippen LogP contribution in [0.4, 0.5) is 0 Å². The number of carboxylic acids is 1. The van der Waals surface area contributed by atoms with Gasteiger partial charge in [-0.2, -0.15) is 0 Å². The third kappa shape index (κ3) is 3.95. The summed E-state index contributed by atoms with van der Waals surface area (Å²) in [6, 6.07) is 5.58. The lowest BCUT2D eigenvalue weighted by Gasteiger charge is -2.11. The fraction of sp³-hybridized carbons (Fsp3) is 0.333. The van der Waals surface area contributed by atoms with Gasteiger partial charge in [0.25, 0.3) is 0 Å². The summed E-state index contributed by atoms with van der Waals surface area (Å²) >= 11 is 1.39. The van der Waals surface area contributed by atoms with Crippen molar-refractivity contribution >= 4 is 17.3 Å². The number of ether oxygens (including phenoxy) is 2. The molecule has 112 valence electrons. The number of carbonyl (C=O) groups excluding carboxylic acids is 1. The lowest BCUT2D eigenvalue weighted by Crippen LogP contribution is -2.24. The molecule has 1 heterocycles. The quantitative estimate of drug-likeness (QED) is 0.781. The smallest absolute Gasteiger partial charge is 0.161 e. The monoisotopic (exact) mass is 306 g/mol. The molecule has 0 aliphatic heterocycles. The highest BCUT2D eigenvalue weighted by Crippen LogP contribution is 2.34. The Morgan fingerprint density at radius 2 is 1.95 bits per heavy atom. The first-order valence-corrected chi connectivity index (χ1v) is 7.56. The van der Waals surface area contributed by atoms with E-state index in [1.807, 2.05) is 32.0 Å². The zero-order valence-electron chi connectivity index (χ0n) is 11.9. The molecule has 5 nitrogen and oxygen atoms in total. The van der Waals surface area contributed by atoms with Crippen molar-refractivity contribution in [2.45, 2.75) is 20.3 Å². The van der Waals surface area contributed by atoms with Crippen LogP contribution in [0.3, 0.4) is 0 Å². The molecule has 0 atom stereocenters. The van der Waals surface area contributed by atoms with E-state index in [4.69, 9.17) is 9.47 Å². The van der Waals surface area contributed by atoms with Crippen LogP contribution in [0.1, 0.15) is 19.5 Å². The van der Waals surface area contributed by atoms with Crippen molar-refractivity contribution in [1.29, 1.82) is 0 Å². The molecule has 0 saturated carbocycles. The predicted molar refractivity (Wildman–Crippen MR) is 78.6 cm³/mol. The number of carboxylic acid groups (broad SMARTS) is 1. The number of hydrogen-bond donors (Lipinski definition) is 0. The number of carbonyl (C=O) groups is 1. The molecular formula is C15H16NO4S-. The minimum atomic E-state index is -1.13. The van der Waals surface area contributed by atoms with Gasteiger partial charge in [0, 0.05) is 23.3 Å². The number of thiazole rings is 1. The van der Waals surface area contributed by atoms with E-state index in [-0.39, 0.29) is 6.42 Å². The number of rotatable bonds is 7. The molecule has 0 unspecified atom stereocenters. The lowest BCUT2D eigenvalue weighted by molar-refractivity contribution is -0.304. The standard InChI is InChI=1S/C15H17NO4S/c1-3-19-12-6-5-10(7-13(12)20-4-2)15-16-11(9-21-15)8-14(17)18/h5-7,9H,3-4,8H2,1-2H3,(H,17,18)/p-1. The van der Waals surface area contributed by atoms with Gasteiger partial charge in [0.05, 0.1) is 18.9 Å². The Morgan fingerprint density at radius 3 is 2.62 bits per heavy atom. The molecule has 21 heavy (non-hydrogen) atoms. The average molecular weight is 306 g/mol. The average Bonchev–Trinajstić information content (AvgIpc) is 2.89. The van der Waals surface area contributed by atoms with E-state index in [0.717, 1.165) is 10.6 Å². The van der Waals surface area contributed by atoms with Crippen molar-refractivity contribution in [2.75, 3.05) is 13.2 Å². The molecule has 2 aromatic rings. The number of aliphatic carboxylic acids is 1. The van der Waals surface area contributed by atoms with Crippen LogP contribution >= 0.6 is 11.3 Å². The summed E-state index contributed by atoms with van der Waals surface area (Å²) in [5, 5.41) is 13.1. The second kappa shape index (κ2) is 7.08. The van der Waals surface area contributed by atoms with Gasteiger partial charge in [-0.05, 0) is 32.0 Å². The van der Waals surface area contributed by atoms with Crippen LogP contribution in [-0.4, -0.2) is 24.2 Å². The third-order valence-corrected chi connectivity index (χ3v) is 3.61. The largest absolute Gasteiger partial charge is 0.550 e. The molecule has 1 aromatic carbocycles. The molecular weight excluding hydrogens is 290 g/mol.